The topological polar surface area (TPSA) is 63.6 Å². The molecule has 0 aliphatic carbocycles. The minimum absolute atomic E-state index is 0.417. The van der Waals surface area contributed by atoms with Gasteiger partial charge >= 0.3 is 5.97 Å². The summed E-state index contributed by atoms with van der Waals surface area (Å²) in [5, 5.41) is 5.05. The van der Waals surface area contributed by atoms with E-state index in [-0.39, 0.29) is 0 Å². The van der Waals surface area contributed by atoms with Gasteiger partial charge in [0, 0.05) is 10.0 Å². The highest BCUT2D eigenvalue weighted by Gasteiger charge is 2.14. The molecule has 5 nitrogen and oxygen atoms in total. The second-order valence-electron chi connectivity index (χ2n) is 7.77. The monoisotopic (exact) mass is 553 g/mol. The second kappa shape index (κ2) is 11.1. The van der Waals surface area contributed by atoms with Gasteiger partial charge in [0.1, 0.15) is 5.75 Å². The fourth-order valence-electron chi connectivity index (χ4n) is 3.52. The molecule has 5 aromatic rings. The van der Waals surface area contributed by atoms with Crippen molar-refractivity contribution in [3.05, 3.63) is 125 Å². The first-order chi connectivity index (χ1) is 17.7. The van der Waals surface area contributed by atoms with Crippen molar-refractivity contribution < 1.29 is 9.53 Å². The summed E-state index contributed by atoms with van der Waals surface area (Å²) in [6.07, 6.45) is 1.67. The average molecular weight is 554 g/mol. The summed E-state index contributed by atoms with van der Waals surface area (Å²) in [5.74, 6) is 0.0261. The van der Waals surface area contributed by atoms with Gasteiger partial charge in [-0.25, -0.2) is 9.78 Å². The number of carbonyl (C=O) groups excluding carboxylic acids is 1. The number of carbonyl (C=O) groups is 1. The van der Waals surface area contributed by atoms with E-state index in [2.05, 4.69) is 50.7 Å². The lowest BCUT2D eigenvalue weighted by atomic mass is 10.1. The van der Waals surface area contributed by atoms with Crippen molar-refractivity contribution >= 4 is 44.6 Å². The van der Waals surface area contributed by atoms with Crippen LogP contribution in [-0.4, -0.2) is 17.2 Å². The fraction of sp³-hybridized carbons (Fsp3) is 0. The Morgan fingerprint density at radius 1 is 0.861 bits per heavy atom. The van der Waals surface area contributed by atoms with Crippen molar-refractivity contribution in [2.45, 2.75) is 0 Å². The van der Waals surface area contributed by atoms with Crippen molar-refractivity contribution in [2.24, 2.45) is 5.10 Å². The predicted octanol–water partition coefficient (Wildman–Crippen LogP) is 7.90. The Kier molecular flexibility index (Phi) is 7.30. The minimum atomic E-state index is -0.417. The quantitative estimate of drug-likeness (QED) is 0.0962. The van der Waals surface area contributed by atoms with Gasteiger partial charge in [-0.2, -0.15) is 5.10 Å². The van der Waals surface area contributed by atoms with Crippen LogP contribution in [0.3, 0.4) is 0 Å². The highest BCUT2D eigenvalue weighted by Crippen LogP contribution is 2.38. The molecule has 0 atom stereocenters. The molecule has 1 N–H and O–H groups in total. The summed E-state index contributed by atoms with van der Waals surface area (Å²) in [5.41, 5.74) is 7.37. The zero-order valence-electron chi connectivity index (χ0n) is 19.0. The van der Waals surface area contributed by atoms with Crippen molar-refractivity contribution in [1.82, 2.24) is 4.98 Å². The molecule has 0 aliphatic rings. The van der Waals surface area contributed by atoms with Crippen LogP contribution in [0.2, 0.25) is 0 Å². The number of aromatic nitrogens is 1. The molecule has 1 aromatic heterocycles. The van der Waals surface area contributed by atoms with Gasteiger partial charge in [0.25, 0.3) is 0 Å². The van der Waals surface area contributed by atoms with E-state index in [1.54, 1.807) is 53.9 Å². The third kappa shape index (κ3) is 5.76. The first-order valence-corrected chi connectivity index (χ1v) is 12.8. The van der Waals surface area contributed by atoms with E-state index in [1.165, 1.54) is 0 Å². The Bertz CT molecular complexity index is 1440. The predicted molar refractivity (Wildman–Crippen MR) is 150 cm³/mol. The highest BCUT2D eigenvalue weighted by atomic mass is 79.9. The Hall–Kier alpha value is -4.07. The molecule has 0 saturated carbocycles. The Labute approximate surface area is 221 Å². The molecule has 0 radical (unpaired) electrons. The smallest absolute Gasteiger partial charge is 0.343 e. The summed E-state index contributed by atoms with van der Waals surface area (Å²) in [7, 11) is 0. The first-order valence-electron chi connectivity index (χ1n) is 11.1. The summed E-state index contributed by atoms with van der Waals surface area (Å²) < 4.78 is 6.42. The number of halogens is 1. The zero-order valence-corrected chi connectivity index (χ0v) is 21.4. The lowest BCUT2D eigenvalue weighted by Crippen LogP contribution is -2.08. The lowest BCUT2D eigenvalue weighted by molar-refractivity contribution is 0.0734. The van der Waals surface area contributed by atoms with Crippen molar-refractivity contribution in [1.29, 1.82) is 0 Å². The van der Waals surface area contributed by atoms with E-state index in [4.69, 9.17) is 9.72 Å². The maximum absolute atomic E-state index is 12.4. The molecule has 0 aliphatic heterocycles. The summed E-state index contributed by atoms with van der Waals surface area (Å²) >= 11 is 4.91. The van der Waals surface area contributed by atoms with Crippen LogP contribution in [0.4, 0.5) is 5.13 Å². The molecule has 7 heteroatoms. The molecular formula is C29H20BrN3O2S. The normalized spacial score (nSPS) is 10.9. The van der Waals surface area contributed by atoms with E-state index < -0.39 is 5.97 Å². The number of hydrogen-bond donors (Lipinski definition) is 1. The van der Waals surface area contributed by atoms with Gasteiger partial charge in [-0.1, -0.05) is 100 Å². The molecule has 0 saturated heterocycles. The number of ether oxygens (including phenoxy) is 1. The molecule has 0 bridgehead atoms. The van der Waals surface area contributed by atoms with Crippen LogP contribution in [0, 0.1) is 0 Å². The fourth-order valence-corrected chi connectivity index (χ4v) is 4.72. The van der Waals surface area contributed by atoms with Crippen LogP contribution in [0.25, 0.3) is 21.7 Å². The molecule has 4 aromatic carbocycles. The SMILES string of the molecule is O=C(Oc1cccc(/C=N\Nc2nc(-c3ccccc3)c(-c3ccccc3)s2)c1)c1ccc(Br)cc1. The number of thiazole rings is 1. The van der Waals surface area contributed by atoms with E-state index in [0.717, 1.165) is 31.7 Å². The number of hydrazone groups is 1. The molecule has 0 unspecified atom stereocenters. The van der Waals surface area contributed by atoms with Gasteiger partial charge in [-0.15, -0.1) is 0 Å². The maximum atomic E-state index is 12.4. The van der Waals surface area contributed by atoms with Crippen molar-refractivity contribution in [2.75, 3.05) is 5.43 Å². The largest absolute Gasteiger partial charge is 0.423 e. The van der Waals surface area contributed by atoms with Gasteiger partial charge < -0.3 is 4.74 Å². The number of benzene rings is 4. The van der Waals surface area contributed by atoms with Gasteiger partial charge in [-0.05, 0) is 47.5 Å². The van der Waals surface area contributed by atoms with Gasteiger partial charge in [0.15, 0.2) is 0 Å². The number of anilines is 1. The molecule has 0 fully saturated rings. The minimum Gasteiger partial charge on any atom is -0.423 e. The standard InChI is InChI=1S/C29H20BrN3O2S/c30-24-16-14-23(15-17-24)28(34)35-25-13-7-8-20(18-25)19-31-33-29-32-26(21-9-3-1-4-10-21)27(36-29)22-11-5-2-6-12-22/h1-19H,(H,32,33)/b31-19-. The van der Waals surface area contributed by atoms with Gasteiger partial charge in [-0.3, -0.25) is 5.43 Å². The van der Waals surface area contributed by atoms with E-state index >= 15 is 0 Å². The van der Waals surface area contributed by atoms with Crippen LogP contribution >= 0.6 is 27.3 Å². The molecule has 176 valence electrons. The second-order valence-corrected chi connectivity index (χ2v) is 9.68. The lowest BCUT2D eigenvalue weighted by Gasteiger charge is -2.05. The van der Waals surface area contributed by atoms with Crippen LogP contribution in [0.5, 0.6) is 5.75 Å². The number of nitrogens with zero attached hydrogens (tertiary/aromatic N) is 2. The Balaban J connectivity index is 1.32. The summed E-state index contributed by atoms with van der Waals surface area (Å²) in [6.45, 7) is 0. The summed E-state index contributed by atoms with van der Waals surface area (Å²) in [6, 6.07) is 34.5. The number of rotatable bonds is 7. The molecule has 0 spiro atoms. The van der Waals surface area contributed by atoms with Gasteiger partial charge in [0.2, 0.25) is 5.13 Å². The molecule has 36 heavy (non-hydrogen) atoms. The Morgan fingerprint density at radius 3 is 2.28 bits per heavy atom. The third-order valence-corrected chi connectivity index (χ3v) is 6.77. The maximum Gasteiger partial charge on any atom is 0.343 e. The average Bonchev–Trinajstić information content (AvgIpc) is 3.34. The molecule has 0 amide bonds. The van der Waals surface area contributed by atoms with Crippen molar-refractivity contribution in [3.63, 3.8) is 0 Å². The molecule has 5 rings (SSSR count). The van der Waals surface area contributed by atoms with Crippen LogP contribution < -0.4 is 10.2 Å². The van der Waals surface area contributed by atoms with Crippen LogP contribution in [0.1, 0.15) is 15.9 Å². The third-order valence-electron chi connectivity index (χ3n) is 5.23. The zero-order chi connectivity index (χ0) is 24.7. The number of esters is 1. The van der Waals surface area contributed by atoms with Crippen LogP contribution in [-0.2, 0) is 0 Å². The first kappa shape index (κ1) is 23.7. The molecular weight excluding hydrogens is 534 g/mol. The number of hydrogen-bond acceptors (Lipinski definition) is 6. The Morgan fingerprint density at radius 2 is 1.56 bits per heavy atom. The van der Waals surface area contributed by atoms with Crippen molar-refractivity contribution in [3.8, 4) is 27.4 Å². The van der Waals surface area contributed by atoms with Gasteiger partial charge in [0.05, 0.1) is 22.3 Å². The van der Waals surface area contributed by atoms with E-state index in [9.17, 15) is 4.79 Å². The molecule has 1 heterocycles. The van der Waals surface area contributed by atoms with E-state index in [0.29, 0.717) is 16.4 Å². The summed E-state index contributed by atoms with van der Waals surface area (Å²) in [4.78, 5) is 18.3. The number of nitrogens with one attached hydrogen (secondary N) is 1. The highest BCUT2D eigenvalue weighted by molar-refractivity contribution is 9.10. The van der Waals surface area contributed by atoms with E-state index in [1.807, 2.05) is 48.5 Å². The van der Waals surface area contributed by atoms with Crippen LogP contribution in [0.15, 0.2) is 119 Å².